The first kappa shape index (κ1) is 13.5. The molecule has 1 amide bonds. The molecule has 0 radical (unpaired) electrons. The first-order valence-electron chi connectivity index (χ1n) is 6.24. The second-order valence-electron chi connectivity index (χ2n) is 4.42. The minimum atomic E-state index is -0.325. The Balaban J connectivity index is 1.78. The molecule has 1 unspecified atom stereocenters. The lowest BCUT2D eigenvalue weighted by atomic mass is 10.1. The number of amides is 1. The Morgan fingerprint density at radius 1 is 1.45 bits per heavy atom. The first-order valence-corrected chi connectivity index (χ1v) is 8.00. The minimum Gasteiger partial charge on any atom is -0.311 e. The molecule has 0 saturated carbocycles. The Hall–Kier alpha value is -1.47. The molecule has 0 N–H and O–H groups in total. The third-order valence-electron chi connectivity index (χ3n) is 3.09. The highest BCUT2D eigenvalue weighted by molar-refractivity contribution is 8.02. The third-order valence-corrected chi connectivity index (χ3v) is 5.16. The van der Waals surface area contributed by atoms with Gasteiger partial charge in [-0.15, -0.1) is 10.2 Å². The van der Waals surface area contributed by atoms with Crippen molar-refractivity contribution in [3.63, 3.8) is 0 Å². The highest BCUT2D eigenvalue weighted by atomic mass is 32.2. The SMILES string of the molecule is O=C1C(Sc2nncs2)CCCN1c1cccc(F)c1. The molecule has 3 rings (SSSR count). The van der Waals surface area contributed by atoms with E-state index in [1.165, 1.54) is 35.2 Å². The number of anilines is 1. The van der Waals surface area contributed by atoms with Crippen molar-refractivity contribution < 1.29 is 9.18 Å². The number of carbonyl (C=O) groups excluding carboxylic acids is 1. The molecule has 7 heteroatoms. The number of hydrogen-bond acceptors (Lipinski definition) is 5. The Morgan fingerprint density at radius 2 is 2.35 bits per heavy atom. The van der Waals surface area contributed by atoms with Gasteiger partial charge in [-0.3, -0.25) is 4.79 Å². The van der Waals surface area contributed by atoms with E-state index in [1.54, 1.807) is 22.5 Å². The molecule has 104 valence electrons. The topological polar surface area (TPSA) is 46.1 Å². The Morgan fingerprint density at radius 3 is 3.10 bits per heavy atom. The number of halogens is 1. The van der Waals surface area contributed by atoms with Crippen molar-refractivity contribution in [2.75, 3.05) is 11.4 Å². The van der Waals surface area contributed by atoms with Gasteiger partial charge in [-0.05, 0) is 31.0 Å². The molecule has 1 fully saturated rings. The lowest BCUT2D eigenvalue weighted by Crippen LogP contribution is -2.43. The van der Waals surface area contributed by atoms with Crippen LogP contribution < -0.4 is 4.90 Å². The van der Waals surface area contributed by atoms with Gasteiger partial charge in [0.05, 0.1) is 5.25 Å². The Labute approximate surface area is 124 Å². The van der Waals surface area contributed by atoms with Crippen LogP contribution in [0.5, 0.6) is 0 Å². The molecule has 1 aromatic carbocycles. The summed E-state index contributed by atoms with van der Waals surface area (Å²) in [5, 5.41) is 7.57. The number of hydrogen-bond donors (Lipinski definition) is 0. The fourth-order valence-electron chi connectivity index (χ4n) is 2.19. The molecule has 1 saturated heterocycles. The lowest BCUT2D eigenvalue weighted by Gasteiger charge is -2.31. The van der Waals surface area contributed by atoms with Crippen LogP contribution in [0, 0.1) is 5.82 Å². The average Bonchev–Trinajstić information content (AvgIpc) is 2.94. The van der Waals surface area contributed by atoms with Gasteiger partial charge in [-0.1, -0.05) is 29.2 Å². The number of rotatable bonds is 3. The lowest BCUT2D eigenvalue weighted by molar-refractivity contribution is -0.119. The normalized spacial score (nSPS) is 19.4. The summed E-state index contributed by atoms with van der Waals surface area (Å²) >= 11 is 2.87. The minimum absolute atomic E-state index is 0.0158. The predicted molar refractivity (Wildman–Crippen MR) is 77.5 cm³/mol. The fourth-order valence-corrected chi connectivity index (χ4v) is 4.02. The van der Waals surface area contributed by atoms with Gasteiger partial charge in [0.15, 0.2) is 4.34 Å². The molecule has 0 aliphatic carbocycles. The van der Waals surface area contributed by atoms with Crippen LogP contribution in [0.3, 0.4) is 0 Å². The summed E-state index contributed by atoms with van der Waals surface area (Å²) in [6.45, 7) is 0.634. The maximum absolute atomic E-state index is 13.3. The number of carbonyl (C=O) groups is 1. The molecule has 1 aliphatic heterocycles. The van der Waals surface area contributed by atoms with Crippen molar-refractivity contribution in [3.05, 3.63) is 35.6 Å². The molecule has 2 aromatic rings. The van der Waals surface area contributed by atoms with Gasteiger partial charge in [0.25, 0.3) is 0 Å². The molecule has 1 aromatic heterocycles. The summed E-state index contributed by atoms with van der Waals surface area (Å²) in [6.07, 6.45) is 1.72. The molecule has 1 atom stereocenters. The molecule has 4 nitrogen and oxygen atoms in total. The molecule has 1 aliphatic rings. The van der Waals surface area contributed by atoms with Crippen LogP contribution in [-0.4, -0.2) is 27.9 Å². The summed E-state index contributed by atoms with van der Waals surface area (Å²) in [6, 6.07) is 6.17. The first-order chi connectivity index (χ1) is 9.74. The molecule has 2 heterocycles. The third kappa shape index (κ3) is 2.83. The standard InChI is InChI=1S/C13H12FN3OS2/c14-9-3-1-4-10(7-9)17-6-2-5-11(12(17)18)20-13-16-15-8-19-13/h1,3-4,7-8,11H,2,5-6H2. The number of piperidine rings is 1. The van der Waals surface area contributed by atoms with Crippen LogP contribution in [-0.2, 0) is 4.79 Å². The fraction of sp³-hybridized carbons (Fsp3) is 0.308. The number of nitrogens with zero attached hydrogens (tertiary/aromatic N) is 3. The van der Waals surface area contributed by atoms with E-state index >= 15 is 0 Å². The monoisotopic (exact) mass is 309 g/mol. The number of aromatic nitrogens is 2. The largest absolute Gasteiger partial charge is 0.311 e. The van der Waals surface area contributed by atoms with Crippen LogP contribution in [0.15, 0.2) is 34.1 Å². The quantitative estimate of drug-likeness (QED) is 0.874. The summed E-state index contributed by atoms with van der Waals surface area (Å²) in [4.78, 5) is 14.2. The van der Waals surface area contributed by atoms with Crippen LogP contribution in [0.1, 0.15) is 12.8 Å². The van der Waals surface area contributed by atoms with Crippen molar-refractivity contribution in [2.24, 2.45) is 0 Å². The second kappa shape index (κ2) is 5.88. The Bertz CT molecular complexity index is 605. The molecular weight excluding hydrogens is 297 g/mol. The summed E-state index contributed by atoms with van der Waals surface area (Å²) < 4.78 is 14.1. The van der Waals surface area contributed by atoms with Gasteiger partial charge in [0.1, 0.15) is 11.3 Å². The van der Waals surface area contributed by atoms with E-state index in [9.17, 15) is 9.18 Å². The van der Waals surface area contributed by atoms with E-state index in [-0.39, 0.29) is 17.0 Å². The van der Waals surface area contributed by atoms with E-state index in [1.807, 2.05) is 0 Å². The van der Waals surface area contributed by atoms with Gasteiger partial charge >= 0.3 is 0 Å². The second-order valence-corrected chi connectivity index (χ2v) is 6.71. The van der Waals surface area contributed by atoms with Crippen molar-refractivity contribution in [3.8, 4) is 0 Å². The van der Waals surface area contributed by atoms with E-state index in [0.717, 1.165) is 17.2 Å². The van der Waals surface area contributed by atoms with Crippen molar-refractivity contribution in [2.45, 2.75) is 22.4 Å². The summed E-state index contributed by atoms with van der Waals surface area (Å²) in [7, 11) is 0. The molecule has 0 spiro atoms. The van der Waals surface area contributed by atoms with Crippen LogP contribution in [0.2, 0.25) is 0 Å². The van der Waals surface area contributed by atoms with E-state index in [2.05, 4.69) is 10.2 Å². The maximum atomic E-state index is 13.3. The maximum Gasteiger partial charge on any atom is 0.240 e. The van der Waals surface area contributed by atoms with Crippen LogP contribution in [0.4, 0.5) is 10.1 Å². The predicted octanol–water partition coefficient (Wildman–Crippen LogP) is 2.96. The summed E-state index contributed by atoms with van der Waals surface area (Å²) in [5.41, 5.74) is 2.28. The Kier molecular flexibility index (Phi) is 3.98. The van der Waals surface area contributed by atoms with Gasteiger partial charge in [-0.2, -0.15) is 0 Å². The van der Waals surface area contributed by atoms with Crippen molar-refractivity contribution in [1.82, 2.24) is 10.2 Å². The van der Waals surface area contributed by atoms with Crippen LogP contribution >= 0.6 is 23.1 Å². The van der Waals surface area contributed by atoms with Crippen molar-refractivity contribution in [1.29, 1.82) is 0 Å². The molecule has 20 heavy (non-hydrogen) atoms. The average molecular weight is 309 g/mol. The highest BCUT2D eigenvalue weighted by Crippen LogP contribution is 2.33. The zero-order valence-corrected chi connectivity index (χ0v) is 12.2. The highest BCUT2D eigenvalue weighted by Gasteiger charge is 2.31. The number of thioether (sulfide) groups is 1. The molecule has 0 bridgehead atoms. The van der Waals surface area contributed by atoms with E-state index < -0.39 is 0 Å². The smallest absolute Gasteiger partial charge is 0.240 e. The zero-order valence-electron chi connectivity index (χ0n) is 10.5. The van der Waals surface area contributed by atoms with Crippen molar-refractivity contribution >= 4 is 34.7 Å². The van der Waals surface area contributed by atoms with E-state index in [0.29, 0.717) is 12.2 Å². The van der Waals surface area contributed by atoms with Gasteiger partial charge in [0, 0.05) is 12.2 Å². The van der Waals surface area contributed by atoms with Gasteiger partial charge in [0.2, 0.25) is 5.91 Å². The van der Waals surface area contributed by atoms with Gasteiger partial charge in [-0.25, -0.2) is 4.39 Å². The number of benzene rings is 1. The van der Waals surface area contributed by atoms with Crippen LogP contribution in [0.25, 0.3) is 0 Å². The molecular formula is C13H12FN3OS2. The van der Waals surface area contributed by atoms with E-state index in [4.69, 9.17) is 0 Å². The van der Waals surface area contributed by atoms with Gasteiger partial charge < -0.3 is 4.90 Å². The zero-order chi connectivity index (χ0) is 13.9. The summed E-state index contributed by atoms with van der Waals surface area (Å²) in [5.74, 6) is -0.309.